The fourth-order valence-electron chi connectivity index (χ4n) is 1.78. The van der Waals surface area contributed by atoms with Gasteiger partial charge in [0.05, 0.1) is 5.69 Å². The Hall–Kier alpha value is -3.20. The molecule has 0 aliphatic heterocycles. The SMILES string of the molecule is Cc1cc(CN)ncn1.Cc1cc(N(C)C)ncn1.Cc1cc(N)ncn1. The molecule has 0 aliphatic carbocycles. The van der Waals surface area contributed by atoms with E-state index in [0.717, 1.165) is 28.6 Å². The number of aromatic nitrogens is 6. The highest BCUT2D eigenvalue weighted by molar-refractivity contribution is 5.35. The van der Waals surface area contributed by atoms with Crippen LogP contribution in [0.25, 0.3) is 0 Å². The van der Waals surface area contributed by atoms with Gasteiger partial charge in [0.2, 0.25) is 0 Å². The van der Waals surface area contributed by atoms with E-state index in [1.807, 2.05) is 51.9 Å². The Morgan fingerprint density at radius 2 is 1.26 bits per heavy atom. The van der Waals surface area contributed by atoms with Crippen LogP contribution in [0, 0.1) is 20.8 Å². The average Bonchev–Trinajstić information content (AvgIpc) is 2.62. The maximum absolute atomic E-state index is 5.33. The molecule has 0 saturated carbocycles. The van der Waals surface area contributed by atoms with E-state index >= 15 is 0 Å². The van der Waals surface area contributed by atoms with E-state index in [4.69, 9.17) is 11.5 Å². The third-order valence-electron chi connectivity index (χ3n) is 3.14. The lowest BCUT2D eigenvalue weighted by molar-refractivity contribution is 0.947. The summed E-state index contributed by atoms with van der Waals surface area (Å²) in [5.74, 6) is 1.48. The first-order chi connectivity index (χ1) is 12.8. The summed E-state index contributed by atoms with van der Waals surface area (Å²) in [5.41, 5.74) is 14.4. The van der Waals surface area contributed by atoms with Crippen LogP contribution < -0.4 is 16.4 Å². The van der Waals surface area contributed by atoms with E-state index in [2.05, 4.69) is 29.9 Å². The Kier molecular flexibility index (Phi) is 9.24. The van der Waals surface area contributed by atoms with Crippen LogP contribution in [0.4, 0.5) is 11.6 Å². The van der Waals surface area contributed by atoms with E-state index < -0.39 is 0 Å². The maximum atomic E-state index is 5.33. The Bertz CT molecular complexity index is 804. The highest BCUT2D eigenvalue weighted by atomic mass is 15.1. The molecule has 3 aromatic rings. The van der Waals surface area contributed by atoms with Crippen LogP contribution in [0.5, 0.6) is 0 Å². The summed E-state index contributed by atoms with van der Waals surface area (Å²) in [6, 6.07) is 5.54. The third kappa shape index (κ3) is 9.17. The van der Waals surface area contributed by atoms with E-state index in [1.165, 1.54) is 12.7 Å². The van der Waals surface area contributed by atoms with E-state index in [9.17, 15) is 0 Å². The largest absolute Gasteiger partial charge is 0.384 e. The fourth-order valence-corrected chi connectivity index (χ4v) is 1.78. The first-order valence-electron chi connectivity index (χ1n) is 8.29. The van der Waals surface area contributed by atoms with Crippen molar-refractivity contribution in [3.63, 3.8) is 0 Å². The van der Waals surface area contributed by atoms with Crippen molar-refractivity contribution in [3.05, 3.63) is 60.0 Å². The summed E-state index contributed by atoms with van der Waals surface area (Å²) in [4.78, 5) is 25.4. The lowest BCUT2D eigenvalue weighted by Gasteiger charge is -2.09. The first-order valence-corrected chi connectivity index (χ1v) is 8.29. The summed E-state index contributed by atoms with van der Waals surface area (Å²) in [6.45, 7) is 6.23. The highest BCUT2D eigenvalue weighted by Gasteiger charge is 1.94. The summed E-state index contributed by atoms with van der Waals surface area (Å²) in [7, 11) is 3.92. The topological polar surface area (TPSA) is 133 Å². The van der Waals surface area contributed by atoms with Gasteiger partial charge in [-0.2, -0.15) is 0 Å². The number of nitrogens with two attached hydrogens (primary N) is 2. The molecule has 27 heavy (non-hydrogen) atoms. The minimum atomic E-state index is 0.489. The number of anilines is 2. The zero-order valence-corrected chi connectivity index (χ0v) is 16.5. The molecule has 3 aromatic heterocycles. The van der Waals surface area contributed by atoms with Crippen LogP contribution in [0.15, 0.2) is 37.2 Å². The number of nitrogens with zero attached hydrogens (tertiary/aromatic N) is 7. The molecule has 0 spiro atoms. The van der Waals surface area contributed by atoms with Gasteiger partial charge in [-0.15, -0.1) is 0 Å². The highest BCUT2D eigenvalue weighted by Crippen LogP contribution is 2.04. The van der Waals surface area contributed by atoms with Crippen molar-refractivity contribution < 1.29 is 0 Å². The molecule has 0 aromatic carbocycles. The predicted molar refractivity (Wildman–Crippen MR) is 107 cm³/mol. The molecule has 0 atom stereocenters. The molecule has 0 bridgehead atoms. The lowest BCUT2D eigenvalue weighted by atomic mass is 10.3. The van der Waals surface area contributed by atoms with Crippen molar-refractivity contribution >= 4 is 11.6 Å². The smallest absolute Gasteiger partial charge is 0.131 e. The first kappa shape index (κ1) is 21.8. The van der Waals surface area contributed by atoms with E-state index in [1.54, 1.807) is 12.4 Å². The molecule has 0 saturated heterocycles. The summed E-state index contributed by atoms with van der Waals surface area (Å²) in [6.07, 6.45) is 4.55. The minimum Gasteiger partial charge on any atom is -0.384 e. The van der Waals surface area contributed by atoms with Gasteiger partial charge in [-0.3, -0.25) is 0 Å². The zero-order valence-electron chi connectivity index (χ0n) is 16.5. The molecule has 9 heteroatoms. The Morgan fingerprint density at radius 3 is 1.59 bits per heavy atom. The fraction of sp³-hybridized carbons (Fsp3) is 0.333. The van der Waals surface area contributed by atoms with Crippen LogP contribution in [0.2, 0.25) is 0 Å². The van der Waals surface area contributed by atoms with Gasteiger partial charge in [0.25, 0.3) is 0 Å². The summed E-state index contributed by atoms with van der Waals surface area (Å²) >= 11 is 0. The molecule has 4 N–H and O–H groups in total. The quantitative estimate of drug-likeness (QED) is 0.688. The van der Waals surface area contributed by atoms with E-state index in [-0.39, 0.29) is 0 Å². The van der Waals surface area contributed by atoms with Gasteiger partial charge in [-0.05, 0) is 26.8 Å². The van der Waals surface area contributed by atoms with Crippen LogP contribution in [-0.4, -0.2) is 44.0 Å². The molecule has 0 unspecified atom stereocenters. The number of nitrogen functional groups attached to an aromatic ring is 1. The van der Waals surface area contributed by atoms with Crippen LogP contribution in [0.3, 0.4) is 0 Å². The number of rotatable bonds is 2. The second-order valence-corrected chi connectivity index (χ2v) is 5.85. The second-order valence-electron chi connectivity index (χ2n) is 5.85. The van der Waals surface area contributed by atoms with Gasteiger partial charge in [0.1, 0.15) is 30.6 Å². The molecular weight excluding hydrogens is 342 g/mol. The normalized spacial score (nSPS) is 9.41. The summed E-state index contributed by atoms with van der Waals surface area (Å²) in [5, 5.41) is 0. The van der Waals surface area contributed by atoms with Crippen LogP contribution in [-0.2, 0) is 6.54 Å². The van der Waals surface area contributed by atoms with Crippen molar-refractivity contribution in [2.24, 2.45) is 5.73 Å². The molecule has 3 heterocycles. The Morgan fingerprint density at radius 1 is 0.741 bits per heavy atom. The number of hydrogen-bond acceptors (Lipinski definition) is 9. The molecule has 0 fully saturated rings. The van der Waals surface area contributed by atoms with Crippen molar-refractivity contribution in [2.45, 2.75) is 27.3 Å². The summed E-state index contributed by atoms with van der Waals surface area (Å²) < 4.78 is 0. The van der Waals surface area contributed by atoms with Gasteiger partial charge >= 0.3 is 0 Å². The van der Waals surface area contributed by atoms with Gasteiger partial charge < -0.3 is 16.4 Å². The molecule has 144 valence electrons. The monoisotopic (exact) mass is 369 g/mol. The van der Waals surface area contributed by atoms with Crippen molar-refractivity contribution in [1.29, 1.82) is 0 Å². The van der Waals surface area contributed by atoms with E-state index in [0.29, 0.717) is 12.4 Å². The van der Waals surface area contributed by atoms with Crippen molar-refractivity contribution in [3.8, 4) is 0 Å². The second kappa shape index (κ2) is 11.4. The zero-order chi connectivity index (χ0) is 20.2. The standard InChI is InChI=1S/C7H11N3.C6H9N3.C5H7N3/c1-6-4-7(10(2)3)9-5-8-6;1-5-2-6(3-7)9-4-8-5;1-4-2-5(6)8-3-7-4/h4-5H,1-3H3;2,4H,3,7H2,1H3;2-3H,1H3,(H2,6,7,8). The minimum absolute atomic E-state index is 0.489. The molecule has 0 aliphatic rings. The number of hydrogen-bond donors (Lipinski definition) is 2. The van der Waals surface area contributed by atoms with Crippen molar-refractivity contribution in [1.82, 2.24) is 29.9 Å². The van der Waals surface area contributed by atoms with Crippen LogP contribution in [0.1, 0.15) is 22.8 Å². The molecular formula is C18H27N9. The molecule has 0 radical (unpaired) electrons. The predicted octanol–water partition coefficient (Wildman–Crippen LogP) is 1.46. The van der Waals surface area contributed by atoms with Gasteiger partial charge in [0, 0.05) is 49.9 Å². The van der Waals surface area contributed by atoms with Crippen LogP contribution >= 0.6 is 0 Å². The number of aryl methyl sites for hydroxylation is 3. The third-order valence-corrected chi connectivity index (χ3v) is 3.14. The average molecular weight is 369 g/mol. The molecule has 9 nitrogen and oxygen atoms in total. The van der Waals surface area contributed by atoms with Gasteiger partial charge in [-0.1, -0.05) is 0 Å². The van der Waals surface area contributed by atoms with Crippen molar-refractivity contribution in [2.75, 3.05) is 24.7 Å². The molecule has 3 rings (SSSR count). The van der Waals surface area contributed by atoms with Gasteiger partial charge in [0.15, 0.2) is 0 Å². The lowest BCUT2D eigenvalue weighted by Crippen LogP contribution is -2.10. The van der Waals surface area contributed by atoms with Gasteiger partial charge in [-0.25, -0.2) is 29.9 Å². The Balaban J connectivity index is 0.000000204. The maximum Gasteiger partial charge on any atom is 0.131 e. The molecule has 0 amide bonds. The Labute approximate surface area is 160 Å².